The molecule has 1 aromatic rings. The third-order valence-corrected chi connectivity index (χ3v) is 4.46. The number of hydrogen-bond donors (Lipinski definition) is 1. The highest BCUT2D eigenvalue weighted by atomic mass is 127. The molecule has 0 radical (unpaired) electrons. The van der Waals surface area contributed by atoms with E-state index in [0.29, 0.717) is 12.2 Å². The molecule has 1 aliphatic rings. The number of hydrogen-bond acceptors (Lipinski definition) is 6. The van der Waals surface area contributed by atoms with Crippen LogP contribution < -0.4 is 10.4 Å². The van der Waals surface area contributed by atoms with Crippen LogP contribution in [0.5, 0.6) is 5.88 Å². The second kappa shape index (κ2) is 6.82. The molecular formula is C12H16IN5O4. The Labute approximate surface area is 140 Å². The normalized spacial score (nSPS) is 27.5. The molecule has 0 aromatic carbocycles. The van der Waals surface area contributed by atoms with E-state index in [1.165, 1.54) is 4.57 Å². The summed E-state index contributed by atoms with van der Waals surface area (Å²) in [6, 6.07) is 0. The summed E-state index contributed by atoms with van der Waals surface area (Å²) in [5, 5.41) is 13.7. The molecule has 1 N–H and O–H groups in total. The minimum absolute atomic E-state index is 0.136. The second-order valence-electron chi connectivity index (χ2n) is 4.84. The van der Waals surface area contributed by atoms with Crippen LogP contribution in [0.2, 0.25) is 0 Å². The Hall–Kier alpha value is -1.36. The van der Waals surface area contributed by atoms with Gasteiger partial charge in [-0.15, -0.1) is 0 Å². The Bertz CT molecular complexity index is 659. The highest BCUT2D eigenvalue weighted by Crippen LogP contribution is 2.39. The molecule has 0 aliphatic carbocycles. The lowest BCUT2D eigenvalue weighted by Gasteiger charge is -2.24. The molecule has 10 heteroatoms. The Morgan fingerprint density at radius 1 is 1.77 bits per heavy atom. The van der Waals surface area contributed by atoms with Gasteiger partial charge in [0.1, 0.15) is 6.23 Å². The first-order valence-electron chi connectivity index (χ1n) is 6.68. The molecule has 1 aliphatic heterocycles. The standard InChI is InChI=1S/C12H16IN5O4/c1-3-21-10-7(2)5-18(11(20)15-10)9-4-8(19)12(6-13,22-9)16-17-14/h5,8-9,19H,3-4,6H2,1-2H3/t8-,9+,12+/m0/s1. The largest absolute Gasteiger partial charge is 0.478 e. The van der Waals surface area contributed by atoms with Crippen LogP contribution in [0, 0.1) is 6.92 Å². The highest BCUT2D eigenvalue weighted by molar-refractivity contribution is 14.1. The molecule has 9 nitrogen and oxygen atoms in total. The van der Waals surface area contributed by atoms with E-state index in [4.69, 9.17) is 15.0 Å². The second-order valence-corrected chi connectivity index (χ2v) is 5.61. The lowest BCUT2D eigenvalue weighted by atomic mass is 10.1. The maximum Gasteiger partial charge on any atom is 0.352 e. The van der Waals surface area contributed by atoms with Crippen LogP contribution in [0.4, 0.5) is 0 Å². The van der Waals surface area contributed by atoms with Crippen molar-refractivity contribution >= 4 is 22.6 Å². The van der Waals surface area contributed by atoms with Crippen LogP contribution in [0.15, 0.2) is 16.1 Å². The fourth-order valence-corrected chi connectivity index (χ4v) is 3.10. The third kappa shape index (κ3) is 3.05. The smallest absolute Gasteiger partial charge is 0.352 e. The van der Waals surface area contributed by atoms with Crippen molar-refractivity contribution in [3.63, 3.8) is 0 Å². The number of aliphatic hydroxyl groups excluding tert-OH is 1. The maximum absolute atomic E-state index is 12.1. The van der Waals surface area contributed by atoms with Crippen molar-refractivity contribution in [2.45, 2.75) is 38.3 Å². The van der Waals surface area contributed by atoms with Crippen LogP contribution in [0.3, 0.4) is 0 Å². The van der Waals surface area contributed by atoms with Gasteiger partial charge in [0.05, 0.1) is 12.7 Å². The molecule has 0 unspecified atom stereocenters. The molecule has 0 amide bonds. The number of nitrogens with zero attached hydrogens (tertiary/aromatic N) is 5. The molecule has 120 valence electrons. The van der Waals surface area contributed by atoms with Gasteiger partial charge in [-0.1, -0.05) is 27.7 Å². The molecule has 1 fully saturated rings. The first kappa shape index (κ1) is 17.0. The van der Waals surface area contributed by atoms with Crippen molar-refractivity contribution < 1.29 is 14.6 Å². The lowest BCUT2D eigenvalue weighted by molar-refractivity contribution is -0.0820. The van der Waals surface area contributed by atoms with Gasteiger partial charge in [-0.05, 0) is 19.4 Å². The topological polar surface area (TPSA) is 122 Å². The zero-order valence-corrected chi connectivity index (χ0v) is 14.3. The van der Waals surface area contributed by atoms with Gasteiger partial charge in [-0.25, -0.2) is 4.79 Å². The van der Waals surface area contributed by atoms with Gasteiger partial charge in [0.15, 0.2) is 5.72 Å². The Morgan fingerprint density at radius 2 is 2.50 bits per heavy atom. The molecule has 22 heavy (non-hydrogen) atoms. The van der Waals surface area contributed by atoms with E-state index in [1.807, 2.05) is 22.6 Å². The summed E-state index contributed by atoms with van der Waals surface area (Å²) in [6.45, 7) is 3.97. The van der Waals surface area contributed by atoms with Gasteiger partial charge in [-0.2, -0.15) is 4.98 Å². The van der Waals surface area contributed by atoms with E-state index in [9.17, 15) is 9.90 Å². The Morgan fingerprint density at radius 3 is 3.09 bits per heavy atom. The number of aromatic nitrogens is 2. The Balaban J connectivity index is 2.36. The molecule has 1 saturated heterocycles. The molecule has 0 bridgehead atoms. The van der Waals surface area contributed by atoms with Crippen molar-refractivity contribution in [2.24, 2.45) is 5.11 Å². The van der Waals surface area contributed by atoms with E-state index < -0.39 is 23.7 Å². The van der Waals surface area contributed by atoms with Gasteiger partial charge >= 0.3 is 5.69 Å². The van der Waals surface area contributed by atoms with E-state index in [-0.39, 0.29) is 16.7 Å². The van der Waals surface area contributed by atoms with E-state index >= 15 is 0 Å². The van der Waals surface area contributed by atoms with E-state index in [1.54, 1.807) is 20.0 Å². The average Bonchev–Trinajstić information content (AvgIpc) is 2.80. The van der Waals surface area contributed by atoms with E-state index in [0.717, 1.165) is 0 Å². The third-order valence-electron chi connectivity index (χ3n) is 3.37. The summed E-state index contributed by atoms with van der Waals surface area (Å²) in [4.78, 5) is 18.7. The quantitative estimate of drug-likeness (QED) is 0.255. The van der Waals surface area contributed by atoms with E-state index in [2.05, 4.69) is 15.0 Å². The van der Waals surface area contributed by atoms with Gasteiger partial charge in [-0.3, -0.25) is 4.57 Å². The first-order chi connectivity index (χ1) is 10.5. The van der Waals surface area contributed by atoms with Crippen molar-refractivity contribution in [3.05, 3.63) is 32.7 Å². The number of rotatable bonds is 5. The van der Waals surface area contributed by atoms with Crippen molar-refractivity contribution in [1.82, 2.24) is 9.55 Å². The summed E-state index contributed by atoms with van der Waals surface area (Å²) in [5.41, 5.74) is 7.42. The summed E-state index contributed by atoms with van der Waals surface area (Å²) in [7, 11) is 0. The van der Waals surface area contributed by atoms with Crippen LogP contribution in [-0.4, -0.2) is 37.5 Å². The van der Waals surface area contributed by atoms with Crippen LogP contribution in [-0.2, 0) is 4.74 Å². The predicted octanol–water partition coefficient (Wildman–Crippen LogP) is 1.67. The van der Waals surface area contributed by atoms with Gasteiger partial charge < -0.3 is 14.6 Å². The first-order valence-corrected chi connectivity index (χ1v) is 8.20. The van der Waals surface area contributed by atoms with Gasteiger partial charge in [0, 0.05) is 27.5 Å². The fourth-order valence-electron chi connectivity index (χ4n) is 2.26. The number of halogens is 1. The monoisotopic (exact) mass is 421 g/mol. The van der Waals surface area contributed by atoms with Crippen LogP contribution in [0.1, 0.15) is 25.1 Å². The van der Waals surface area contributed by atoms with Gasteiger partial charge in [0.25, 0.3) is 0 Å². The SMILES string of the molecule is CCOc1nc(=O)n([C@H]2C[C@H](O)[C@](CI)(N=[N+]=[N-])O2)cc1C. The number of alkyl halides is 1. The zero-order valence-electron chi connectivity index (χ0n) is 12.1. The van der Waals surface area contributed by atoms with Gasteiger partial charge in [0.2, 0.25) is 5.88 Å². The Kier molecular flexibility index (Phi) is 5.27. The van der Waals surface area contributed by atoms with Crippen LogP contribution >= 0.6 is 22.6 Å². The minimum Gasteiger partial charge on any atom is -0.478 e. The zero-order chi connectivity index (χ0) is 16.3. The summed E-state index contributed by atoms with van der Waals surface area (Å²) < 4.78 is 12.5. The number of aryl methyl sites for hydroxylation is 1. The highest BCUT2D eigenvalue weighted by Gasteiger charge is 2.48. The lowest BCUT2D eigenvalue weighted by Crippen LogP contribution is -2.38. The molecule has 2 rings (SSSR count). The van der Waals surface area contributed by atoms with Crippen molar-refractivity contribution in [3.8, 4) is 5.88 Å². The molecule has 3 atom stereocenters. The maximum atomic E-state index is 12.1. The van der Waals surface area contributed by atoms with Crippen molar-refractivity contribution in [2.75, 3.05) is 11.0 Å². The predicted molar refractivity (Wildman–Crippen MR) is 85.9 cm³/mol. The number of aliphatic hydroxyl groups is 1. The molecule has 2 heterocycles. The number of ether oxygens (including phenoxy) is 2. The minimum atomic E-state index is -1.37. The molecule has 0 spiro atoms. The number of azide groups is 1. The molecule has 0 saturated carbocycles. The summed E-state index contributed by atoms with van der Waals surface area (Å²) in [5.74, 6) is 0.275. The van der Waals surface area contributed by atoms with Crippen molar-refractivity contribution in [1.29, 1.82) is 0 Å². The molecule has 1 aromatic heterocycles. The average molecular weight is 421 g/mol. The fraction of sp³-hybridized carbons (Fsp3) is 0.667. The molecular weight excluding hydrogens is 405 g/mol. The summed E-state index contributed by atoms with van der Waals surface area (Å²) >= 11 is 1.97. The summed E-state index contributed by atoms with van der Waals surface area (Å²) in [6.07, 6.45) is -0.0394. The van der Waals surface area contributed by atoms with Crippen LogP contribution in [0.25, 0.3) is 10.4 Å².